The summed E-state index contributed by atoms with van der Waals surface area (Å²) in [6, 6.07) is 10.4. The van der Waals surface area contributed by atoms with Crippen LogP contribution in [0, 0.1) is 5.92 Å². The largest absolute Gasteiger partial charge is 0.393 e. The van der Waals surface area contributed by atoms with Gasteiger partial charge in [0.2, 0.25) is 5.91 Å². The highest BCUT2D eigenvalue weighted by Crippen LogP contribution is 2.36. The molecule has 0 bridgehead atoms. The van der Waals surface area contributed by atoms with E-state index in [1.54, 1.807) is 0 Å². The minimum absolute atomic E-state index is 0.217. The van der Waals surface area contributed by atoms with Crippen LogP contribution in [0.25, 0.3) is 0 Å². The van der Waals surface area contributed by atoms with Gasteiger partial charge in [-0.3, -0.25) is 4.79 Å². The van der Waals surface area contributed by atoms with Crippen LogP contribution in [0.2, 0.25) is 0 Å². The smallest absolute Gasteiger partial charge is 0.223 e. The predicted molar refractivity (Wildman–Crippen MR) is 73.4 cm³/mol. The number of fused-ring (bicyclic) bond motifs is 1. The van der Waals surface area contributed by atoms with Gasteiger partial charge in [0.05, 0.1) is 6.10 Å². The summed E-state index contributed by atoms with van der Waals surface area (Å²) in [7, 11) is 0. The highest BCUT2D eigenvalue weighted by Gasteiger charge is 2.41. The number of hydrogen-bond donors (Lipinski definition) is 1. The number of piperidine rings is 1. The molecule has 3 rings (SSSR count). The van der Waals surface area contributed by atoms with E-state index in [1.165, 1.54) is 5.56 Å². The molecule has 3 atom stereocenters. The Morgan fingerprint density at radius 1 is 1.16 bits per heavy atom. The summed E-state index contributed by atoms with van der Waals surface area (Å²) in [5.74, 6) is 0.536. The van der Waals surface area contributed by atoms with E-state index < -0.39 is 0 Å². The first-order valence-electron chi connectivity index (χ1n) is 7.27. The number of benzene rings is 1. The normalized spacial score (nSPS) is 31.1. The van der Waals surface area contributed by atoms with Gasteiger partial charge in [-0.05, 0) is 31.2 Å². The van der Waals surface area contributed by atoms with Crippen LogP contribution in [0.1, 0.15) is 37.7 Å². The molecular formula is C16H21NO2. The number of rotatable bonds is 2. The third kappa shape index (κ3) is 2.52. The SMILES string of the molecule is O=C1CC[C@@H]2[C@@H](CCC[C@@H]2O)N1Cc1ccccc1. The molecule has 1 aliphatic carbocycles. The van der Waals surface area contributed by atoms with E-state index in [-0.39, 0.29) is 24.0 Å². The van der Waals surface area contributed by atoms with E-state index in [9.17, 15) is 9.90 Å². The van der Waals surface area contributed by atoms with E-state index in [0.29, 0.717) is 13.0 Å². The molecule has 0 radical (unpaired) electrons. The molecule has 0 unspecified atom stereocenters. The Balaban J connectivity index is 1.79. The van der Waals surface area contributed by atoms with Gasteiger partial charge in [-0.15, -0.1) is 0 Å². The Bertz CT molecular complexity index is 445. The van der Waals surface area contributed by atoms with Crippen LogP contribution in [0.3, 0.4) is 0 Å². The molecule has 0 spiro atoms. The van der Waals surface area contributed by atoms with Crippen molar-refractivity contribution in [2.24, 2.45) is 5.92 Å². The van der Waals surface area contributed by atoms with Gasteiger partial charge < -0.3 is 10.0 Å². The van der Waals surface area contributed by atoms with Crippen molar-refractivity contribution >= 4 is 5.91 Å². The van der Waals surface area contributed by atoms with E-state index in [0.717, 1.165) is 25.7 Å². The molecule has 0 aromatic heterocycles. The number of carbonyl (C=O) groups excluding carboxylic acids is 1. The zero-order valence-corrected chi connectivity index (χ0v) is 11.2. The lowest BCUT2D eigenvalue weighted by Crippen LogP contribution is -2.53. The second-order valence-electron chi connectivity index (χ2n) is 5.78. The average molecular weight is 259 g/mol. The van der Waals surface area contributed by atoms with Crippen molar-refractivity contribution in [3.63, 3.8) is 0 Å². The first kappa shape index (κ1) is 12.7. The molecule has 3 nitrogen and oxygen atoms in total. The molecule has 2 fully saturated rings. The Morgan fingerprint density at radius 2 is 1.95 bits per heavy atom. The molecule has 2 aliphatic rings. The lowest BCUT2D eigenvalue weighted by molar-refractivity contribution is -0.144. The lowest BCUT2D eigenvalue weighted by Gasteiger charge is -2.46. The van der Waals surface area contributed by atoms with Gasteiger partial charge in [-0.25, -0.2) is 0 Å². The predicted octanol–water partition coefficient (Wildman–Crippen LogP) is 2.34. The van der Waals surface area contributed by atoms with E-state index >= 15 is 0 Å². The third-order valence-corrected chi connectivity index (χ3v) is 4.60. The summed E-state index contributed by atoms with van der Waals surface area (Å²) in [4.78, 5) is 14.2. The summed E-state index contributed by atoms with van der Waals surface area (Å²) in [5, 5.41) is 10.1. The van der Waals surface area contributed by atoms with Crippen LogP contribution in [0.15, 0.2) is 30.3 Å². The fourth-order valence-electron chi connectivity index (χ4n) is 3.60. The topological polar surface area (TPSA) is 40.5 Å². The molecule has 19 heavy (non-hydrogen) atoms. The minimum Gasteiger partial charge on any atom is -0.393 e. The highest BCUT2D eigenvalue weighted by atomic mass is 16.3. The van der Waals surface area contributed by atoms with Crippen molar-refractivity contribution in [2.75, 3.05) is 0 Å². The van der Waals surface area contributed by atoms with Crippen molar-refractivity contribution < 1.29 is 9.90 Å². The number of nitrogens with zero attached hydrogens (tertiary/aromatic N) is 1. The first-order chi connectivity index (χ1) is 9.25. The zero-order chi connectivity index (χ0) is 13.2. The Hall–Kier alpha value is -1.35. The summed E-state index contributed by atoms with van der Waals surface area (Å²) >= 11 is 0. The standard InChI is InChI=1S/C16H21NO2/c18-15-8-4-7-14-13(15)9-10-16(19)17(14)11-12-5-2-1-3-6-12/h1-3,5-6,13-15,18H,4,7-11H2/t13-,14-,15+/m1/s1. The van der Waals surface area contributed by atoms with Gasteiger partial charge in [0.25, 0.3) is 0 Å². The molecule has 1 amide bonds. The number of hydrogen-bond acceptors (Lipinski definition) is 2. The van der Waals surface area contributed by atoms with Gasteiger partial charge in [0.1, 0.15) is 0 Å². The molecular weight excluding hydrogens is 238 g/mol. The van der Waals surface area contributed by atoms with Crippen LogP contribution in [-0.2, 0) is 11.3 Å². The molecule has 1 aromatic carbocycles. The fraction of sp³-hybridized carbons (Fsp3) is 0.562. The molecule has 102 valence electrons. The van der Waals surface area contributed by atoms with E-state index in [1.807, 2.05) is 23.1 Å². The fourth-order valence-corrected chi connectivity index (χ4v) is 3.60. The second-order valence-corrected chi connectivity index (χ2v) is 5.78. The number of amides is 1. The third-order valence-electron chi connectivity index (χ3n) is 4.60. The van der Waals surface area contributed by atoms with Crippen molar-refractivity contribution in [3.8, 4) is 0 Å². The van der Waals surface area contributed by atoms with Gasteiger partial charge in [-0.1, -0.05) is 30.3 Å². The van der Waals surface area contributed by atoms with Crippen molar-refractivity contribution in [2.45, 2.75) is 50.8 Å². The summed E-state index contributed by atoms with van der Waals surface area (Å²) < 4.78 is 0. The van der Waals surface area contributed by atoms with Crippen LogP contribution < -0.4 is 0 Å². The Kier molecular flexibility index (Phi) is 3.56. The number of aliphatic hydroxyl groups is 1. The minimum atomic E-state index is -0.217. The lowest BCUT2D eigenvalue weighted by atomic mass is 9.76. The van der Waals surface area contributed by atoms with Crippen LogP contribution in [0.4, 0.5) is 0 Å². The number of likely N-dealkylation sites (tertiary alicyclic amines) is 1. The van der Waals surface area contributed by atoms with Gasteiger partial charge in [0.15, 0.2) is 0 Å². The van der Waals surface area contributed by atoms with E-state index in [2.05, 4.69) is 12.1 Å². The molecule has 1 aromatic rings. The van der Waals surface area contributed by atoms with Crippen LogP contribution >= 0.6 is 0 Å². The van der Waals surface area contributed by atoms with Crippen LogP contribution in [-0.4, -0.2) is 28.1 Å². The summed E-state index contributed by atoms with van der Waals surface area (Å²) in [5.41, 5.74) is 1.18. The molecule has 1 saturated heterocycles. The van der Waals surface area contributed by atoms with Gasteiger partial charge in [-0.2, -0.15) is 0 Å². The average Bonchev–Trinajstić information content (AvgIpc) is 2.43. The molecule has 1 N–H and O–H groups in total. The summed E-state index contributed by atoms with van der Waals surface area (Å²) in [6.45, 7) is 0.688. The van der Waals surface area contributed by atoms with Gasteiger partial charge in [0, 0.05) is 24.9 Å². The maximum Gasteiger partial charge on any atom is 0.223 e. The zero-order valence-electron chi connectivity index (χ0n) is 11.2. The van der Waals surface area contributed by atoms with Crippen LogP contribution in [0.5, 0.6) is 0 Å². The Morgan fingerprint density at radius 3 is 2.74 bits per heavy atom. The second kappa shape index (κ2) is 5.33. The molecule has 1 heterocycles. The van der Waals surface area contributed by atoms with Crippen molar-refractivity contribution in [1.29, 1.82) is 0 Å². The quantitative estimate of drug-likeness (QED) is 0.885. The number of aliphatic hydroxyl groups excluding tert-OH is 1. The molecule has 1 saturated carbocycles. The number of carbonyl (C=O) groups is 1. The summed E-state index contributed by atoms with van der Waals surface area (Å²) in [6.07, 6.45) is 4.20. The van der Waals surface area contributed by atoms with E-state index in [4.69, 9.17) is 0 Å². The van der Waals surface area contributed by atoms with Gasteiger partial charge >= 0.3 is 0 Å². The maximum atomic E-state index is 12.2. The first-order valence-corrected chi connectivity index (χ1v) is 7.27. The molecule has 1 aliphatic heterocycles. The monoisotopic (exact) mass is 259 g/mol. The highest BCUT2D eigenvalue weighted by molar-refractivity contribution is 5.77. The maximum absolute atomic E-state index is 12.2. The van der Waals surface area contributed by atoms with Crippen molar-refractivity contribution in [1.82, 2.24) is 4.90 Å². The molecule has 3 heteroatoms. The Labute approximate surface area is 114 Å². The van der Waals surface area contributed by atoms with Crippen molar-refractivity contribution in [3.05, 3.63) is 35.9 Å².